The van der Waals surface area contributed by atoms with Crippen LogP contribution < -0.4 is 0 Å². The van der Waals surface area contributed by atoms with Crippen LogP contribution in [0.5, 0.6) is 0 Å². The summed E-state index contributed by atoms with van der Waals surface area (Å²) in [7, 11) is 0. The van der Waals surface area contributed by atoms with Gasteiger partial charge in [-0.1, -0.05) is 15.9 Å². The van der Waals surface area contributed by atoms with Crippen molar-refractivity contribution in [2.45, 2.75) is 45.2 Å². The second kappa shape index (κ2) is 5.74. The summed E-state index contributed by atoms with van der Waals surface area (Å²) >= 11 is 6.89. The zero-order chi connectivity index (χ0) is 13.3. The Morgan fingerprint density at radius 3 is 2.39 bits per heavy atom. The molecule has 18 heavy (non-hydrogen) atoms. The summed E-state index contributed by atoms with van der Waals surface area (Å²) in [5, 5.41) is 0. The van der Waals surface area contributed by atoms with Gasteiger partial charge in [0, 0.05) is 21.0 Å². The largest absolute Gasteiger partial charge is 0.333 e. The van der Waals surface area contributed by atoms with Gasteiger partial charge in [-0.05, 0) is 67.2 Å². The number of likely N-dealkylation sites (tertiary alicyclic amines) is 1. The fourth-order valence-electron chi connectivity index (χ4n) is 2.62. The van der Waals surface area contributed by atoms with Crippen molar-refractivity contribution in [3.63, 3.8) is 0 Å². The molecule has 1 fully saturated rings. The Morgan fingerprint density at radius 1 is 1.22 bits per heavy atom. The molecule has 0 aliphatic carbocycles. The van der Waals surface area contributed by atoms with Gasteiger partial charge in [0.05, 0.1) is 5.56 Å². The van der Waals surface area contributed by atoms with Gasteiger partial charge in [-0.25, -0.2) is 0 Å². The summed E-state index contributed by atoms with van der Waals surface area (Å²) < 4.78 is 1.83. The Bertz CT molecular complexity index is 451. The predicted octanol–water partition coefficient (Wildman–Crippen LogP) is 4.61. The molecule has 1 aliphatic rings. The molecule has 4 heteroatoms. The molecule has 0 aromatic heterocycles. The second-order valence-electron chi connectivity index (χ2n) is 4.97. The van der Waals surface area contributed by atoms with Crippen molar-refractivity contribution in [1.82, 2.24) is 4.90 Å². The quantitative estimate of drug-likeness (QED) is 0.702. The Kier molecular flexibility index (Phi) is 4.49. The smallest absolute Gasteiger partial charge is 0.255 e. The van der Waals surface area contributed by atoms with Gasteiger partial charge in [-0.3, -0.25) is 4.79 Å². The summed E-state index contributed by atoms with van der Waals surface area (Å²) in [6.07, 6.45) is 3.42. The molecule has 1 aromatic carbocycles. The molecule has 0 bridgehead atoms. The maximum atomic E-state index is 12.6. The maximum Gasteiger partial charge on any atom is 0.255 e. The van der Waals surface area contributed by atoms with E-state index in [1.54, 1.807) is 0 Å². The Labute approximate surface area is 125 Å². The minimum absolute atomic E-state index is 0.133. The molecular weight excluding hydrogens is 358 g/mol. The molecule has 0 radical (unpaired) electrons. The van der Waals surface area contributed by atoms with E-state index in [0.29, 0.717) is 12.1 Å². The van der Waals surface area contributed by atoms with E-state index in [-0.39, 0.29) is 5.91 Å². The van der Waals surface area contributed by atoms with Crippen molar-refractivity contribution in [3.8, 4) is 0 Å². The molecule has 0 saturated carbocycles. The first kappa shape index (κ1) is 14.1. The van der Waals surface area contributed by atoms with Crippen LogP contribution in [0.3, 0.4) is 0 Å². The third kappa shape index (κ3) is 2.80. The van der Waals surface area contributed by atoms with Gasteiger partial charge in [-0.15, -0.1) is 0 Å². The third-order valence-corrected chi connectivity index (χ3v) is 4.74. The lowest BCUT2D eigenvalue weighted by molar-refractivity contribution is 0.0510. The predicted molar refractivity (Wildman–Crippen MR) is 80.8 cm³/mol. The van der Waals surface area contributed by atoms with Crippen LogP contribution in [0.15, 0.2) is 27.1 Å². The maximum absolute atomic E-state index is 12.6. The number of amides is 1. The van der Waals surface area contributed by atoms with Crippen LogP contribution in [0.4, 0.5) is 0 Å². The Hall–Kier alpha value is -0.350. The van der Waals surface area contributed by atoms with Gasteiger partial charge in [0.2, 0.25) is 0 Å². The molecule has 98 valence electrons. The van der Waals surface area contributed by atoms with Gasteiger partial charge in [0.15, 0.2) is 0 Å². The van der Waals surface area contributed by atoms with Crippen molar-refractivity contribution >= 4 is 37.8 Å². The zero-order valence-corrected chi connectivity index (χ0v) is 13.8. The molecular formula is C14H17Br2NO. The van der Waals surface area contributed by atoms with E-state index >= 15 is 0 Å². The summed E-state index contributed by atoms with van der Waals surface area (Å²) in [4.78, 5) is 14.7. The minimum Gasteiger partial charge on any atom is -0.333 e. The van der Waals surface area contributed by atoms with E-state index < -0.39 is 0 Å². The van der Waals surface area contributed by atoms with Gasteiger partial charge in [-0.2, -0.15) is 0 Å². The van der Waals surface area contributed by atoms with Crippen molar-refractivity contribution in [2.24, 2.45) is 0 Å². The van der Waals surface area contributed by atoms with Crippen molar-refractivity contribution in [1.29, 1.82) is 0 Å². The van der Waals surface area contributed by atoms with Crippen LogP contribution in [0, 0.1) is 0 Å². The fraction of sp³-hybridized carbons (Fsp3) is 0.500. The number of rotatable bonds is 1. The number of halogens is 2. The van der Waals surface area contributed by atoms with Crippen LogP contribution in [-0.4, -0.2) is 22.9 Å². The lowest BCUT2D eigenvalue weighted by Crippen LogP contribution is -2.47. The highest BCUT2D eigenvalue weighted by atomic mass is 79.9. The Morgan fingerprint density at radius 2 is 1.83 bits per heavy atom. The molecule has 2 nitrogen and oxygen atoms in total. The minimum atomic E-state index is 0.133. The van der Waals surface area contributed by atoms with E-state index in [9.17, 15) is 4.79 Å². The average Bonchev–Trinajstić information content (AvgIpc) is 2.28. The standard InChI is InChI=1S/C14H17Br2NO/c1-9-4-3-5-10(2)17(9)14(18)12-7-6-11(15)8-13(12)16/h6-10H,3-5H2,1-2H3. The summed E-state index contributed by atoms with van der Waals surface area (Å²) in [6.45, 7) is 4.28. The molecule has 2 rings (SSSR count). The van der Waals surface area contributed by atoms with Gasteiger partial charge in [0.1, 0.15) is 0 Å². The van der Waals surface area contributed by atoms with Crippen LogP contribution in [0.2, 0.25) is 0 Å². The monoisotopic (exact) mass is 373 g/mol. The van der Waals surface area contributed by atoms with Crippen molar-refractivity contribution in [2.75, 3.05) is 0 Å². The number of hydrogen-bond acceptors (Lipinski definition) is 1. The number of hydrogen-bond donors (Lipinski definition) is 0. The van der Waals surface area contributed by atoms with Crippen LogP contribution in [0.25, 0.3) is 0 Å². The molecule has 0 spiro atoms. The topological polar surface area (TPSA) is 20.3 Å². The second-order valence-corrected chi connectivity index (χ2v) is 6.74. The summed E-state index contributed by atoms with van der Waals surface area (Å²) in [5.74, 6) is 0.133. The SMILES string of the molecule is CC1CCCC(C)N1C(=O)c1ccc(Br)cc1Br. The Balaban J connectivity index is 2.29. The number of carbonyl (C=O) groups is 1. The van der Waals surface area contributed by atoms with Gasteiger partial charge < -0.3 is 4.90 Å². The molecule has 2 atom stereocenters. The number of nitrogens with zero attached hydrogens (tertiary/aromatic N) is 1. The highest BCUT2D eigenvalue weighted by Gasteiger charge is 2.30. The molecule has 1 aliphatic heterocycles. The van der Waals surface area contributed by atoms with E-state index in [2.05, 4.69) is 45.7 Å². The van der Waals surface area contributed by atoms with Gasteiger partial charge in [0.25, 0.3) is 5.91 Å². The average molecular weight is 375 g/mol. The third-order valence-electron chi connectivity index (χ3n) is 3.59. The molecule has 0 N–H and O–H groups in total. The molecule has 2 unspecified atom stereocenters. The molecule has 1 aromatic rings. The summed E-state index contributed by atoms with van der Waals surface area (Å²) in [5.41, 5.74) is 0.749. The van der Waals surface area contributed by atoms with E-state index in [0.717, 1.165) is 27.4 Å². The molecule has 1 amide bonds. The lowest BCUT2D eigenvalue weighted by atomic mass is 9.96. The highest BCUT2D eigenvalue weighted by molar-refractivity contribution is 9.11. The molecule has 1 heterocycles. The normalized spacial score (nSPS) is 24.1. The number of benzene rings is 1. The van der Waals surface area contributed by atoms with Crippen molar-refractivity contribution < 1.29 is 4.79 Å². The summed E-state index contributed by atoms with van der Waals surface area (Å²) in [6, 6.07) is 6.38. The van der Waals surface area contributed by atoms with E-state index in [1.165, 1.54) is 6.42 Å². The van der Waals surface area contributed by atoms with Crippen LogP contribution in [-0.2, 0) is 0 Å². The lowest BCUT2D eigenvalue weighted by Gasteiger charge is -2.39. The number of piperidine rings is 1. The number of carbonyl (C=O) groups excluding carboxylic acids is 1. The first-order chi connectivity index (χ1) is 8.50. The van der Waals surface area contributed by atoms with E-state index in [4.69, 9.17) is 0 Å². The van der Waals surface area contributed by atoms with Crippen molar-refractivity contribution in [3.05, 3.63) is 32.7 Å². The highest BCUT2D eigenvalue weighted by Crippen LogP contribution is 2.28. The van der Waals surface area contributed by atoms with Crippen LogP contribution in [0.1, 0.15) is 43.5 Å². The fourth-order valence-corrected chi connectivity index (χ4v) is 3.84. The first-order valence-corrected chi connectivity index (χ1v) is 7.87. The van der Waals surface area contributed by atoms with E-state index in [1.807, 2.05) is 23.1 Å². The van der Waals surface area contributed by atoms with Crippen LogP contribution >= 0.6 is 31.9 Å². The molecule has 1 saturated heterocycles. The van der Waals surface area contributed by atoms with Gasteiger partial charge >= 0.3 is 0 Å². The first-order valence-electron chi connectivity index (χ1n) is 6.28. The zero-order valence-electron chi connectivity index (χ0n) is 10.6.